The van der Waals surface area contributed by atoms with Crippen LogP contribution in [0.15, 0.2) is 52.3 Å². The van der Waals surface area contributed by atoms with Gasteiger partial charge in [-0.2, -0.15) is 0 Å². The number of carbonyl (C=O) groups excluding carboxylic acids is 1. The van der Waals surface area contributed by atoms with E-state index < -0.39 is 0 Å². The van der Waals surface area contributed by atoms with Crippen LogP contribution in [0.3, 0.4) is 0 Å². The highest BCUT2D eigenvalue weighted by molar-refractivity contribution is 8.00. The van der Waals surface area contributed by atoms with Crippen LogP contribution in [0.25, 0.3) is 22.1 Å². The number of amides is 1. The molecule has 4 aromatic rings. The lowest BCUT2D eigenvalue weighted by Crippen LogP contribution is -2.22. The number of para-hydroxylation sites is 2. The van der Waals surface area contributed by atoms with E-state index in [1.165, 1.54) is 11.8 Å². The third-order valence-electron chi connectivity index (χ3n) is 4.14. The van der Waals surface area contributed by atoms with Crippen LogP contribution in [0.5, 0.6) is 0 Å². The number of nitrogens with zero attached hydrogens (tertiary/aromatic N) is 2. The summed E-state index contributed by atoms with van der Waals surface area (Å²) in [5, 5.41) is 3.25. The monoisotopic (exact) mass is 379 g/mol. The van der Waals surface area contributed by atoms with Crippen molar-refractivity contribution in [3.05, 3.63) is 58.6 Å². The lowest BCUT2D eigenvalue weighted by Gasteiger charge is -2.13. The Balaban J connectivity index is 1.51. The quantitative estimate of drug-likeness (QED) is 0.472. The van der Waals surface area contributed by atoms with Crippen molar-refractivity contribution in [3.8, 4) is 0 Å². The summed E-state index contributed by atoms with van der Waals surface area (Å²) >= 11 is 1.37. The molecule has 136 valence electrons. The molecule has 3 N–H and O–H groups in total. The number of thioether (sulfide) groups is 1. The fraction of sp³-hybridized carbons (Fsp3) is 0.158. The minimum atomic E-state index is -0.361. The van der Waals surface area contributed by atoms with E-state index in [9.17, 15) is 9.59 Å². The van der Waals surface area contributed by atoms with Crippen LogP contribution in [-0.4, -0.2) is 31.1 Å². The van der Waals surface area contributed by atoms with Gasteiger partial charge in [0.25, 0.3) is 0 Å². The van der Waals surface area contributed by atoms with E-state index in [1.807, 2.05) is 38.1 Å². The molecular weight excluding hydrogens is 362 g/mol. The second-order valence-corrected chi connectivity index (χ2v) is 7.52. The van der Waals surface area contributed by atoms with Gasteiger partial charge in [0.2, 0.25) is 5.91 Å². The van der Waals surface area contributed by atoms with Gasteiger partial charge in [-0.25, -0.2) is 14.8 Å². The predicted molar refractivity (Wildman–Crippen MR) is 107 cm³/mol. The first-order valence-electron chi connectivity index (χ1n) is 8.42. The van der Waals surface area contributed by atoms with Crippen molar-refractivity contribution >= 4 is 45.4 Å². The third kappa shape index (κ3) is 3.56. The molecule has 0 aliphatic carbocycles. The van der Waals surface area contributed by atoms with Crippen LogP contribution in [0.2, 0.25) is 0 Å². The molecule has 8 heteroatoms. The van der Waals surface area contributed by atoms with Crippen molar-refractivity contribution in [2.75, 3.05) is 5.32 Å². The second-order valence-electron chi connectivity index (χ2n) is 6.19. The third-order valence-corrected chi connectivity index (χ3v) is 5.32. The molecule has 7 nitrogen and oxygen atoms in total. The number of fused-ring (bicyclic) bond motifs is 2. The predicted octanol–water partition coefficient (Wildman–Crippen LogP) is 3.23. The zero-order valence-corrected chi connectivity index (χ0v) is 15.6. The Kier molecular flexibility index (Phi) is 4.41. The van der Waals surface area contributed by atoms with Crippen LogP contribution in [0.1, 0.15) is 12.6 Å². The number of hydrogen-bond donors (Lipinski definition) is 3. The summed E-state index contributed by atoms with van der Waals surface area (Å²) in [5.41, 5.74) is 4.13. The van der Waals surface area contributed by atoms with E-state index in [0.29, 0.717) is 16.7 Å². The van der Waals surface area contributed by atoms with Crippen molar-refractivity contribution < 1.29 is 4.79 Å². The SMILES string of the molecule is Cc1nc2ccccc2nc1SC(C)C(=O)Nc1ccc2[nH]c(=O)[nH]c2c1. The first-order chi connectivity index (χ1) is 13.0. The van der Waals surface area contributed by atoms with Crippen molar-refractivity contribution in [2.24, 2.45) is 0 Å². The van der Waals surface area contributed by atoms with Gasteiger partial charge >= 0.3 is 5.69 Å². The minimum absolute atomic E-state index is 0.147. The number of aromatic nitrogens is 4. The normalized spacial score (nSPS) is 12.4. The number of anilines is 1. The molecule has 2 aromatic carbocycles. The van der Waals surface area contributed by atoms with Crippen LogP contribution in [-0.2, 0) is 4.79 Å². The minimum Gasteiger partial charge on any atom is -0.325 e. The standard InChI is InChI=1S/C19H17N5O2S/c1-10-18(22-14-6-4-3-5-13(14)20-10)27-11(2)17(25)21-12-7-8-15-16(9-12)24-19(26)23-15/h3-9,11H,1-2H3,(H,21,25)(H2,23,24,26). The van der Waals surface area contributed by atoms with Gasteiger partial charge < -0.3 is 15.3 Å². The summed E-state index contributed by atoms with van der Waals surface area (Å²) in [6.07, 6.45) is 0. The maximum atomic E-state index is 12.6. The molecule has 1 unspecified atom stereocenters. The van der Waals surface area contributed by atoms with Crippen LogP contribution >= 0.6 is 11.8 Å². The largest absolute Gasteiger partial charge is 0.325 e. The molecule has 0 bridgehead atoms. The fourth-order valence-electron chi connectivity index (χ4n) is 2.76. The number of nitrogens with one attached hydrogen (secondary N) is 3. The number of imidazole rings is 1. The number of rotatable bonds is 4. The number of carbonyl (C=O) groups is 1. The summed E-state index contributed by atoms with van der Waals surface area (Å²) in [5.74, 6) is -0.147. The Morgan fingerprint density at radius 3 is 2.56 bits per heavy atom. The molecule has 0 saturated heterocycles. The maximum absolute atomic E-state index is 12.6. The van der Waals surface area contributed by atoms with E-state index in [4.69, 9.17) is 0 Å². The molecule has 0 fully saturated rings. The Morgan fingerprint density at radius 1 is 1.07 bits per heavy atom. The highest BCUT2D eigenvalue weighted by Gasteiger charge is 2.18. The first-order valence-corrected chi connectivity index (χ1v) is 9.30. The van der Waals surface area contributed by atoms with Crippen molar-refractivity contribution in [3.63, 3.8) is 0 Å². The van der Waals surface area contributed by atoms with Crippen molar-refractivity contribution in [1.29, 1.82) is 0 Å². The van der Waals surface area contributed by atoms with Gasteiger partial charge in [-0.05, 0) is 44.2 Å². The Morgan fingerprint density at radius 2 is 1.78 bits per heavy atom. The highest BCUT2D eigenvalue weighted by Crippen LogP contribution is 2.26. The molecule has 0 saturated carbocycles. The van der Waals surface area contributed by atoms with Crippen molar-refractivity contribution in [2.45, 2.75) is 24.1 Å². The summed E-state index contributed by atoms with van der Waals surface area (Å²) in [6, 6.07) is 12.9. The average Bonchev–Trinajstić information content (AvgIpc) is 3.01. The van der Waals surface area contributed by atoms with E-state index >= 15 is 0 Å². The van der Waals surface area contributed by atoms with E-state index in [2.05, 4.69) is 25.3 Å². The summed E-state index contributed by atoms with van der Waals surface area (Å²) in [7, 11) is 0. The maximum Gasteiger partial charge on any atom is 0.323 e. The summed E-state index contributed by atoms with van der Waals surface area (Å²) in [4.78, 5) is 38.4. The average molecular weight is 379 g/mol. The molecule has 0 spiro atoms. The van der Waals surface area contributed by atoms with E-state index in [-0.39, 0.29) is 16.8 Å². The number of aromatic amines is 2. The van der Waals surface area contributed by atoms with E-state index in [1.54, 1.807) is 18.2 Å². The zero-order chi connectivity index (χ0) is 19.0. The van der Waals surface area contributed by atoms with Gasteiger partial charge in [0.1, 0.15) is 5.03 Å². The van der Waals surface area contributed by atoms with Gasteiger partial charge in [0, 0.05) is 5.69 Å². The Labute approximate surface area is 158 Å². The second kappa shape index (κ2) is 6.88. The molecule has 4 rings (SSSR count). The molecule has 1 amide bonds. The highest BCUT2D eigenvalue weighted by atomic mass is 32.2. The topological polar surface area (TPSA) is 104 Å². The fourth-order valence-corrected chi connectivity index (χ4v) is 3.63. The van der Waals surface area contributed by atoms with Gasteiger partial charge in [0.15, 0.2) is 0 Å². The lowest BCUT2D eigenvalue weighted by atomic mass is 10.2. The molecule has 0 aliphatic rings. The molecule has 2 aromatic heterocycles. The van der Waals surface area contributed by atoms with Gasteiger partial charge in [0.05, 0.1) is 33.0 Å². The zero-order valence-electron chi connectivity index (χ0n) is 14.7. The molecule has 2 heterocycles. The van der Waals surface area contributed by atoms with Crippen LogP contribution < -0.4 is 11.0 Å². The van der Waals surface area contributed by atoms with Gasteiger partial charge in [-0.15, -0.1) is 0 Å². The smallest absolute Gasteiger partial charge is 0.323 e. The first kappa shape index (κ1) is 17.3. The molecule has 0 radical (unpaired) electrons. The van der Waals surface area contributed by atoms with Gasteiger partial charge in [-0.1, -0.05) is 23.9 Å². The van der Waals surface area contributed by atoms with Crippen LogP contribution in [0.4, 0.5) is 5.69 Å². The molecular formula is C19H17N5O2S. The Bertz CT molecular complexity index is 1210. The van der Waals surface area contributed by atoms with Gasteiger partial charge in [-0.3, -0.25) is 4.79 Å². The van der Waals surface area contributed by atoms with Crippen molar-refractivity contribution in [1.82, 2.24) is 19.9 Å². The number of benzene rings is 2. The number of aryl methyl sites for hydroxylation is 1. The summed E-state index contributed by atoms with van der Waals surface area (Å²) < 4.78 is 0. The summed E-state index contributed by atoms with van der Waals surface area (Å²) in [6.45, 7) is 3.72. The molecule has 0 aliphatic heterocycles. The molecule has 27 heavy (non-hydrogen) atoms. The Hall–Kier alpha value is -3.13. The number of H-pyrrole nitrogens is 2. The van der Waals surface area contributed by atoms with E-state index in [0.717, 1.165) is 21.8 Å². The molecule has 1 atom stereocenters. The lowest BCUT2D eigenvalue weighted by molar-refractivity contribution is -0.115. The number of hydrogen-bond acceptors (Lipinski definition) is 5. The van der Waals surface area contributed by atoms with Crippen LogP contribution in [0, 0.1) is 6.92 Å².